The highest BCUT2D eigenvalue weighted by Gasteiger charge is 2.29. The van der Waals surface area contributed by atoms with E-state index >= 15 is 0 Å². The summed E-state index contributed by atoms with van der Waals surface area (Å²) in [5.74, 6) is -0.334. The summed E-state index contributed by atoms with van der Waals surface area (Å²) in [6.07, 6.45) is 0. The van der Waals surface area contributed by atoms with Crippen molar-refractivity contribution in [1.29, 1.82) is 0 Å². The maximum atomic E-state index is 13.8. The minimum Gasteiger partial charge on any atom is -0.494 e. The van der Waals surface area contributed by atoms with Gasteiger partial charge in [0.25, 0.3) is 0 Å². The Morgan fingerprint density at radius 3 is 2.37 bits per heavy atom. The van der Waals surface area contributed by atoms with Gasteiger partial charge in [-0.25, -0.2) is 4.39 Å². The van der Waals surface area contributed by atoms with Gasteiger partial charge in [-0.3, -0.25) is 14.5 Å². The maximum Gasteiger partial charge on any atom is 0.244 e. The summed E-state index contributed by atoms with van der Waals surface area (Å²) in [5, 5.41) is 2.79. The molecule has 6 nitrogen and oxygen atoms in total. The average molecular weight is 379 g/mol. The molecule has 1 aromatic rings. The molecule has 0 aromatic heterocycles. The smallest absolute Gasteiger partial charge is 0.244 e. The van der Waals surface area contributed by atoms with Crippen molar-refractivity contribution in [2.24, 2.45) is 5.41 Å². The third kappa shape index (κ3) is 5.66. The van der Waals surface area contributed by atoms with Crippen LogP contribution in [0.2, 0.25) is 0 Å². The van der Waals surface area contributed by atoms with Gasteiger partial charge in [0.05, 0.1) is 7.11 Å². The standard InChI is InChI=1S/C20H30FN3O3/c1-14(22-19(26)20(2,3)4)18(25)24-10-8-23(9-11-24)13-15-6-7-17(27-5)16(21)12-15/h6-7,12,14H,8-11,13H2,1-5H3,(H,22,26). The van der Waals surface area contributed by atoms with Gasteiger partial charge in [-0.2, -0.15) is 0 Å². The molecule has 1 atom stereocenters. The Labute approximate surface area is 160 Å². The summed E-state index contributed by atoms with van der Waals surface area (Å²) >= 11 is 0. The summed E-state index contributed by atoms with van der Waals surface area (Å²) < 4.78 is 18.8. The molecule has 0 spiro atoms. The Kier molecular flexibility index (Phi) is 6.81. The monoisotopic (exact) mass is 379 g/mol. The average Bonchev–Trinajstić information content (AvgIpc) is 2.61. The molecule has 2 rings (SSSR count). The van der Waals surface area contributed by atoms with Gasteiger partial charge in [0, 0.05) is 38.1 Å². The molecule has 7 heteroatoms. The summed E-state index contributed by atoms with van der Waals surface area (Å²) in [6.45, 7) is 10.4. The number of hydrogen-bond donors (Lipinski definition) is 1. The number of halogens is 1. The first-order chi connectivity index (χ1) is 12.6. The Bertz CT molecular complexity index is 680. The van der Waals surface area contributed by atoms with Crippen LogP contribution in [0.4, 0.5) is 4.39 Å². The minimum atomic E-state index is -0.543. The van der Waals surface area contributed by atoms with E-state index in [-0.39, 0.29) is 23.4 Å². The third-order valence-electron chi connectivity index (χ3n) is 4.71. The number of carbonyl (C=O) groups excluding carboxylic acids is 2. The van der Waals surface area contributed by atoms with Gasteiger partial charge in [-0.15, -0.1) is 0 Å². The molecule has 1 saturated heterocycles. The largest absolute Gasteiger partial charge is 0.494 e. The zero-order chi connectivity index (χ0) is 20.2. The van der Waals surface area contributed by atoms with Crippen molar-refractivity contribution in [1.82, 2.24) is 15.1 Å². The van der Waals surface area contributed by atoms with Crippen LogP contribution in [0.1, 0.15) is 33.3 Å². The molecule has 1 unspecified atom stereocenters. The van der Waals surface area contributed by atoms with Gasteiger partial charge >= 0.3 is 0 Å². The van der Waals surface area contributed by atoms with E-state index in [1.54, 1.807) is 17.9 Å². The van der Waals surface area contributed by atoms with Crippen molar-refractivity contribution in [2.75, 3.05) is 33.3 Å². The van der Waals surface area contributed by atoms with Crippen molar-refractivity contribution in [3.05, 3.63) is 29.6 Å². The molecular weight excluding hydrogens is 349 g/mol. The van der Waals surface area contributed by atoms with Crippen molar-refractivity contribution in [3.63, 3.8) is 0 Å². The lowest BCUT2D eigenvalue weighted by molar-refractivity contribution is -0.139. The molecule has 1 aliphatic rings. The Morgan fingerprint density at radius 2 is 1.85 bits per heavy atom. The normalized spacial score (nSPS) is 16.7. The van der Waals surface area contributed by atoms with E-state index in [4.69, 9.17) is 4.74 Å². The molecule has 1 heterocycles. The molecule has 0 radical (unpaired) electrons. The number of benzene rings is 1. The topological polar surface area (TPSA) is 61.9 Å². The first-order valence-electron chi connectivity index (χ1n) is 9.26. The fraction of sp³-hybridized carbons (Fsp3) is 0.600. The van der Waals surface area contributed by atoms with E-state index in [0.29, 0.717) is 32.7 Å². The molecule has 0 saturated carbocycles. The molecule has 0 bridgehead atoms. The highest BCUT2D eigenvalue weighted by molar-refractivity contribution is 5.89. The predicted molar refractivity (Wildman–Crippen MR) is 102 cm³/mol. The van der Waals surface area contributed by atoms with E-state index in [0.717, 1.165) is 5.56 Å². The summed E-state index contributed by atoms with van der Waals surface area (Å²) in [4.78, 5) is 28.6. The molecule has 0 aliphatic carbocycles. The first kappa shape index (κ1) is 21.2. The second kappa shape index (κ2) is 8.69. The van der Waals surface area contributed by atoms with E-state index in [2.05, 4.69) is 10.2 Å². The summed E-state index contributed by atoms with van der Waals surface area (Å²) in [5.41, 5.74) is 0.347. The Morgan fingerprint density at radius 1 is 1.22 bits per heavy atom. The zero-order valence-corrected chi connectivity index (χ0v) is 16.8. The van der Waals surface area contributed by atoms with E-state index in [1.807, 2.05) is 26.8 Å². The van der Waals surface area contributed by atoms with Crippen molar-refractivity contribution in [3.8, 4) is 5.75 Å². The van der Waals surface area contributed by atoms with E-state index < -0.39 is 11.5 Å². The van der Waals surface area contributed by atoms with Crippen molar-refractivity contribution >= 4 is 11.8 Å². The number of methoxy groups -OCH3 is 1. The number of ether oxygens (including phenoxy) is 1. The van der Waals surface area contributed by atoms with Gasteiger partial charge in [0.1, 0.15) is 6.04 Å². The van der Waals surface area contributed by atoms with Crippen molar-refractivity contribution < 1.29 is 18.7 Å². The van der Waals surface area contributed by atoms with Crippen LogP contribution >= 0.6 is 0 Å². The fourth-order valence-corrected chi connectivity index (χ4v) is 2.94. The van der Waals surface area contributed by atoms with Crippen LogP contribution in [-0.4, -0.2) is 60.9 Å². The van der Waals surface area contributed by atoms with Crippen LogP contribution in [0.5, 0.6) is 5.75 Å². The van der Waals surface area contributed by atoms with Gasteiger partial charge < -0.3 is 15.0 Å². The number of nitrogens with zero attached hydrogens (tertiary/aromatic N) is 2. The SMILES string of the molecule is COc1ccc(CN2CCN(C(=O)C(C)NC(=O)C(C)(C)C)CC2)cc1F. The summed E-state index contributed by atoms with van der Waals surface area (Å²) in [7, 11) is 1.44. The van der Waals surface area contributed by atoms with Crippen LogP contribution in [0, 0.1) is 11.2 Å². The third-order valence-corrected chi connectivity index (χ3v) is 4.71. The summed E-state index contributed by atoms with van der Waals surface area (Å²) in [6, 6.07) is 4.42. The fourth-order valence-electron chi connectivity index (χ4n) is 2.94. The minimum absolute atomic E-state index is 0.0669. The lowest BCUT2D eigenvalue weighted by Gasteiger charge is -2.36. The second-order valence-corrected chi connectivity index (χ2v) is 8.02. The maximum absolute atomic E-state index is 13.8. The van der Waals surface area contributed by atoms with Crippen LogP contribution in [0.15, 0.2) is 18.2 Å². The predicted octanol–water partition coefficient (Wildman–Crippen LogP) is 2.03. The van der Waals surface area contributed by atoms with Crippen LogP contribution in [-0.2, 0) is 16.1 Å². The molecule has 2 amide bonds. The molecule has 1 aromatic carbocycles. The number of piperazine rings is 1. The first-order valence-corrected chi connectivity index (χ1v) is 9.26. The highest BCUT2D eigenvalue weighted by Crippen LogP contribution is 2.19. The van der Waals surface area contributed by atoms with Crippen LogP contribution in [0.25, 0.3) is 0 Å². The van der Waals surface area contributed by atoms with E-state index in [9.17, 15) is 14.0 Å². The molecule has 150 valence electrons. The second-order valence-electron chi connectivity index (χ2n) is 8.02. The Hall–Kier alpha value is -2.15. The highest BCUT2D eigenvalue weighted by atomic mass is 19.1. The molecule has 1 aliphatic heterocycles. The molecular formula is C20H30FN3O3. The van der Waals surface area contributed by atoms with Gasteiger partial charge in [-0.1, -0.05) is 26.8 Å². The van der Waals surface area contributed by atoms with Crippen molar-refractivity contribution in [2.45, 2.75) is 40.3 Å². The van der Waals surface area contributed by atoms with Crippen LogP contribution < -0.4 is 10.1 Å². The number of amides is 2. The molecule has 1 N–H and O–H groups in total. The lowest BCUT2D eigenvalue weighted by Crippen LogP contribution is -2.54. The van der Waals surface area contributed by atoms with Crippen LogP contribution in [0.3, 0.4) is 0 Å². The van der Waals surface area contributed by atoms with Gasteiger partial charge in [-0.05, 0) is 24.6 Å². The lowest BCUT2D eigenvalue weighted by atomic mass is 9.95. The molecule has 1 fully saturated rings. The van der Waals surface area contributed by atoms with E-state index in [1.165, 1.54) is 13.2 Å². The molecule has 27 heavy (non-hydrogen) atoms. The Balaban J connectivity index is 1.84. The number of nitrogens with one attached hydrogen (secondary N) is 1. The number of carbonyl (C=O) groups is 2. The quantitative estimate of drug-likeness (QED) is 0.850. The number of hydrogen-bond acceptors (Lipinski definition) is 4. The number of rotatable bonds is 5. The zero-order valence-electron chi connectivity index (χ0n) is 16.8. The van der Waals surface area contributed by atoms with Gasteiger partial charge in [0.15, 0.2) is 11.6 Å². The van der Waals surface area contributed by atoms with Gasteiger partial charge in [0.2, 0.25) is 11.8 Å².